The summed E-state index contributed by atoms with van der Waals surface area (Å²) in [6.45, 7) is 1.03. The number of hydrogen-bond acceptors (Lipinski definition) is 1. The smallest absolute Gasteiger partial charge is 0.0474 e. The first-order valence-corrected chi connectivity index (χ1v) is 6.54. The Morgan fingerprint density at radius 1 is 0.778 bits per heavy atom. The summed E-state index contributed by atoms with van der Waals surface area (Å²) in [7, 11) is 4.15. The molecular weight excluding hydrogens is 242 g/mol. The van der Waals surface area contributed by atoms with Crippen LogP contribution in [0.2, 0.25) is 0 Å². The molecule has 0 radical (unpaired) electrons. The van der Waals surface area contributed by atoms with Gasteiger partial charge in [0.25, 0.3) is 0 Å². The van der Waals surface area contributed by atoms with E-state index in [0.717, 1.165) is 6.54 Å². The van der Waals surface area contributed by atoms with E-state index in [-0.39, 0.29) is 0 Å². The van der Waals surface area contributed by atoms with Gasteiger partial charge in [0.1, 0.15) is 0 Å². The zero-order chi connectivity index (χ0) is 13.2. The lowest BCUT2D eigenvalue weighted by Gasteiger charge is -2.08. The Bertz CT molecular complexity index is 412. The van der Waals surface area contributed by atoms with Gasteiger partial charge in [-0.15, -0.1) is 11.6 Å². The highest BCUT2D eigenvalue weighted by atomic mass is 35.5. The summed E-state index contributed by atoms with van der Waals surface area (Å²) in [5, 5.41) is 0. The molecule has 0 saturated carbocycles. The van der Waals surface area contributed by atoms with Crippen molar-refractivity contribution in [1.82, 2.24) is 4.90 Å². The molecule has 2 rings (SSSR count). The molecule has 0 aliphatic rings. The van der Waals surface area contributed by atoms with E-state index in [9.17, 15) is 0 Å². The predicted molar refractivity (Wildman–Crippen MR) is 79.8 cm³/mol. The van der Waals surface area contributed by atoms with Crippen molar-refractivity contribution in [2.45, 2.75) is 12.4 Å². The molecule has 0 bridgehead atoms. The lowest BCUT2D eigenvalue weighted by Crippen LogP contribution is -2.10. The Kier molecular flexibility index (Phi) is 7.16. The summed E-state index contributed by atoms with van der Waals surface area (Å²) >= 11 is 5.53. The molecular formula is C16H20ClN. The summed E-state index contributed by atoms with van der Waals surface area (Å²) in [6, 6.07) is 20.4. The van der Waals surface area contributed by atoms with Crippen molar-refractivity contribution >= 4 is 11.6 Å². The van der Waals surface area contributed by atoms with Gasteiger partial charge in [0.05, 0.1) is 0 Å². The Morgan fingerprint density at radius 3 is 1.56 bits per heavy atom. The minimum absolute atomic E-state index is 0.612. The molecule has 0 aliphatic heterocycles. The average Bonchev–Trinajstić information content (AvgIpc) is 2.41. The van der Waals surface area contributed by atoms with E-state index in [1.807, 2.05) is 36.4 Å². The molecule has 1 nitrogen and oxygen atoms in total. The maximum atomic E-state index is 5.53. The average molecular weight is 262 g/mol. The molecule has 0 saturated heterocycles. The number of hydrogen-bond donors (Lipinski definition) is 0. The zero-order valence-electron chi connectivity index (χ0n) is 11.0. The minimum Gasteiger partial charge on any atom is -0.305 e. The molecule has 0 amide bonds. The number of alkyl halides is 1. The first-order chi connectivity index (χ1) is 8.72. The maximum Gasteiger partial charge on any atom is 0.0474 e. The normalized spacial score (nSPS) is 9.78. The van der Waals surface area contributed by atoms with Crippen LogP contribution in [0.15, 0.2) is 60.7 Å². The van der Waals surface area contributed by atoms with Crippen molar-refractivity contribution in [3.05, 3.63) is 71.8 Å². The largest absolute Gasteiger partial charge is 0.305 e. The number of benzene rings is 2. The quantitative estimate of drug-likeness (QED) is 0.750. The van der Waals surface area contributed by atoms with Crippen LogP contribution in [-0.2, 0) is 12.4 Å². The second kappa shape index (κ2) is 8.73. The first-order valence-electron chi connectivity index (χ1n) is 6.01. The molecule has 0 fully saturated rings. The summed E-state index contributed by atoms with van der Waals surface area (Å²) in [6.07, 6.45) is 0. The highest BCUT2D eigenvalue weighted by molar-refractivity contribution is 6.17. The van der Waals surface area contributed by atoms with Crippen LogP contribution in [0.1, 0.15) is 11.1 Å². The Labute approximate surface area is 115 Å². The van der Waals surface area contributed by atoms with Crippen LogP contribution in [0.4, 0.5) is 0 Å². The van der Waals surface area contributed by atoms with Crippen LogP contribution in [0.3, 0.4) is 0 Å². The van der Waals surface area contributed by atoms with Crippen LogP contribution < -0.4 is 0 Å². The SMILES string of the molecule is CN(C)Cc1ccccc1.ClCc1ccccc1. The summed E-state index contributed by atoms with van der Waals surface area (Å²) in [5.74, 6) is 0.612. The van der Waals surface area contributed by atoms with Gasteiger partial charge >= 0.3 is 0 Å². The molecule has 2 aromatic carbocycles. The Hall–Kier alpha value is -1.31. The highest BCUT2D eigenvalue weighted by Crippen LogP contribution is 2.00. The van der Waals surface area contributed by atoms with Crippen LogP contribution in [0.25, 0.3) is 0 Å². The van der Waals surface area contributed by atoms with Crippen molar-refractivity contribution in [2.75, 3.05) is 14.1 Å². The fourth-order valence-corrected chi connectivity index (χ4v) is 1.69. The van der Waals surface area contributed by atoms with Crippen LogP contribution in [0, 0.1) is 0 Å². The molecule has 96 valence electrons. The second-order valence-electron chi connectivity index (χ2n) is 4.34. The molecule has 0 atom stereocenters. The maximum absolute atomic E-state index is 5.53. The van der Waals surface area contributed by atoms with E-state index in [4.69, 9.17) is 11.6 Å². The third-order valence-corrected chi connectivity index (χ3v) is 2.65. The molecule has 18 heavy (non-hydrogen) atoms. The van der Waals surface area contributed by atoms with E-state index in [2.05, 4.69) is 43.3 Å². The lowest BCUT2D eigenvalue weighted by molar-refractivity contribution is 0.402. The standard InChI is InChI=1S/C9H13N.C7H7Cl/c1-10(2)8-9-6-4-3-5-7-9;8-6-7-4-2-1-3-5-7/h3-7H,8H2,1-2H3;1-5H,6H2. The van der Waals surface area contributed by atoms with E-state index in [1.54, 1.807) is 0 Å². The Balaban J connectivity index is 0.000000184. The molecule has 0 aromatic heterocycles. The number of nitrogens with zero attached hydrogens (tertiary/aromatic N) is 1. The summed E-state index contributed by atoms with van der Waals surface area (Å²) < 4.78 is 0. The van der Waals surface area contributed by atoms with Crippen molar-refractivity contribution < 1.29 is 0 Å². The van der Waals surface area contributed by atoms with Gasteiger partial charge in [-0.25, -0.2) is 0 Å². The minimum atomic E-state index is 0.612. The number of rotatable bonds is 3. The second-order valence-corrected chi connectivity index (χ2v) is 4.61. The molecule has 2 heteroatoms. The lowest BCUT2D eigenvalue weighted by atomic mass is 10.2. The van der Waals surface area contributed by atoms with Gasteiger partial charge in [-0.1, -0.05) is 60.7 Å². The van der Waals surface area contributed by atoms with E-state index in [1.165, 1.54) is 11.1 Å². The molecule has 0 heterocycles. The number of halogens is 1. The Morgan fingerprint density at radius 2 is 1.22 bits per heavy atom. The summed E-state index contributed by atoms with van der Waals surface area (Å²) in [4.78, 5) is 2.16. The van der Waals surface area contributed by atoms with Gasteiger partial charge in [-0.3, -0.25) is 0 Å². The van der Waals surface area contributed by atoms with Gasteiger partial charge in [-0.2, -0.15) is 0 Å². The van der Waals surface area contributed by atoms with Crippen molar-refractivity contribution in [2.24, 2.45) is 0 Å². The monoisotopic (exact) mass is 261 g/mol. The van der Waals surface area contributed by atoms with E-state index >= 15 is 0 Å². The highest BCUT2D eigenvalue weighted by Gasteiger charge is 1.90. The van der Waals surface area contributed by atoms with Gasteiger partial charge in [0, 0.05) is 12.4 Å². The van der Waals surface area contributed by atoms with Crippen molar-refractivity contribution in [3.8, 4) is 0 Å². The van der Waals surface area contributed by atoms with Crippen LogP contribution >= 0.6 is 11.6 Å². The molecule has 2 aromatic rings. The predicted octanol–water partition coefficient (Wildman–Crippen LogP) is 4.17. The van der Waals surface area contributed by atoms with Gasteiger partial charge in [0.15, 0.2) is 0 Å². The third-order valence-electron chi connectivity index (χ3n) is 2.34. The van der Waals surface area contributed by atoms with Crippen LogP contribution in [0.5, 0.6) is 0 Å². The first kappa shape index (κ1) is 14.7. The zero-order valence-corrected chi connectivity index (χ0v) is 11.8. The fourth-order valence-electron chi connectivity index (χ4n) is 1.52. The van der Waals surface area contributed by atoms with Gasteiger partial charge in [0.2, 0.25) is 0 Å². The third kappa shape index (κ3) is 6.43. The van der Waals surface area contributed by atoms with Gasteiger partial charge < -0.3 is 4.90 Å². The van der Waals surface area contributed by atoms with Crippen LogP contribution in [-0.4, -0.2) is 19.0 Å². The van der Waals surface area contributed by atoms with Crippen molar-refractivity contribution in [1.29, 1.82) is 0 Å². The van der Waals surface area contributed by atoms with E-state index in [0.29, 0.717) is 5.88 Å². The molecule has 0 unspecified atom stereocenters. The molecule has 0 N–H and O–H groups in total. The van der Waals surface area contributed by atoms with Gasteiger partial charge in [-0.05, 0) is 25.2 Å². The fraction of sp³-hybridized carbons (Fsp3) is 0.250. The van der Waals surface area contributed by atoms with Crippen molar-refractivity contribution in [3.63, 3.8) is 0 Å². The van der Waals surface area contributed by atoms with E-state index < -0.39 is 0 Å². The molecule has 0 spiro atoms. The molecule has 0 aliphatic carbocycles. The topological polar surface area (TPSA) is 3.24 Å². The summed E-state index contributed by atoms with van der Waals surface area (Å²) in [5.41, 5.74) is 2.54.